The summed E-state index contributed by atoms with van der Waals surface area (Å²) < 4.78 is 0.920. The number of hydrogen-bond acceptors (Lipinski definition) is 1. The van der Waals surface area contributed by atoms with Crippen LogP contribution < -0.4 is 0 Å². The van der Waals surface area contributed by atoms with E-state index in [0.717, 1.165) is 43.4 Å². The molecule has 0 bridgehead atoms. The van der Waals surface area contributed by atoms with E-state index in [1.54, 1.807) is 0 Å². The molecule has 0 spiro atoms. The highest BCUT2D eigenvalue weighted by Gasteiger charge is 2.36. The van der Waals surface area contributed by atoms with Crippen molar-refractivity contribution >= 4 is 15.9 Å². The lowest BCUT2D eigenvalue weighted by Crippen LogP contribution is -2.29. The van der Waals surface area contributed by atoms with Crippen molar-refractivity contribution in [3.63, 3.8) is 0 Å². The molecule has 5 aromatic rings. The zero-order valence-electron chi connectivity index (χ0n) is 18.0. The first-order valence-electron chi connectivity index (χ1n) is 11.0. The summed E-state index contributed by atoms with van der Waals surface area (Å²) in [7, 11) is 0. The largest absolute Gasteiger partial charge is 0.376 e. The predicted molar refractivity (Wildman–Crippen MR) is 140 cm³/mol. The molecular weight excluding hydrogens is 468 g/mol. The van der Waals surface area contributed by atoms with Crippen molar-refractivity contribution < 1.29 is 5.11 Å². The fraction of sp³-hybridized carbons (Fsp3) is 0.0323. The van der Waals surface area contributed by atoms with E-state index in [1.807, 2.05) is 78.9 Å². The number of aliphatic hydroxyl groups is 1. The normalized spacial score (nSPS) is 11.3. The zero-order chi connectivity index (χ0) is 22.7. The first-order valence-corrected chi connectivity index (χ1v) is 11.8. The van der Waals surface area contributed by atoms with Crippen LogP contribution in [0.3, 0.4) is 0 Å². The van der Waals surface area contributed by atoms with Gasteiger partial charge in [0.25, 0.3) is 0 Å². The third kappa shape index (κ3) is 4.04. The molecule has 1 nitrogen and oxygen atoms in total. The molecule has 1 N–H and O–H groups in total. The Labute approximate surface area is 203 Å². The third-order valence-electron chi connectivity index (χ3n) is 6.06. The van der Waals surface area contributed by atoms with Crippen molar-refractivity contribution in [1.29, 1.82) is 0 Å². The molecule has 5 aromatic carbocycles. The van der Waals surface area contributed by atoms with Crippen LogP contribution in [0.2, 0.25) is 0 Å². The fourth-order valence-electron chi connectivity index (χ4n) is 4.47. The Morgan fingerprint density at radius 3 is 1.55 bits per heavy atom. The van der Waals surface area contributed by atoms with E-state index in [4.69, 9.17) is 0 Å². The van der Waals surface area contributed by atoms with Crippen molar-refractivity contribution in [3.8, 4) is 22.3 Å². The van der Waals surface area contributed by atoms with Crippen LogP contribution in [-0.2, 0) is 5.60 Å². The lowest BCUT2D eigenvalue weighted by atomic mass is 9.76. The highest BCUT2D eigenvalue weighted by atomic mass is 79.9. The van der Waals surface area contributed by atoms with Gasteiger partial charge in [0, 0.05) is 10.0 Å². The Morgan fingerprint density at radius 2 is 0.970 bits per heavy atom. The average molecular weight is 491 g/mol. The molecule has 33 heavy (non-hydrogen) atoms. The fourth-order valence-corrected chi connectivity index (χ4v) is 4.84. The molecular formula is C31H23BrO. The van der Waals surface area contributed by atoms with Crippen LogP contribution in [0.5, 0.6) is 0 Å². The van der Waals surface area contributed by atoms with Crippen LogP contribution >= 0.6 is 15.9 Å². The molecule has 5 rings (SSSR count). The summed E-state index contributed by atoms with van der Waals surface area (Å²) in [5.74, 6) is 0. The Hall–Kier alpha value is -3.46. The van der Waals surface area contributed by atoms with Crippen molar-refractivity contribution in [1.82, 2.24) is 0 Å². The van der Waals surface area contributed by atoms with Crippen molar-refractivity contribution in [2.45, 2.75) is 5.60 Å². The molecule has 0 heterocycles. The summed E-state index contributed by atoms with van der Waals surface area (Å²) >= 11 is 3.66. The Balaban J connectivity index is 1.82. The lowest BCUT2D eigenvalue weighted by molar-refractivity contribution is 0.126. The predicted octanol–water partition coefficient (Wildman–Crippen LogP) is 8.07. The minimum Gasteiger partial charge on any atom is -0.376 e. The van der Waals surface area contributed by atoms with E-state index in [1.165, 1.54) is 0 Å². The molecule has 0 radical (unpaired) electrons. The first-order chi connectivity index (χ1) is 16.2. The summed E-state index contributed by atoms with van der Waals surface area (Å²) in [6.07, 6.45) is 0. The Morgan fingerprint density at radius 1 is 0.485 bits per heavy atom. The quantitative estimate of drug-likeness (QED) is 0.247. The van der Waals surface area contributed by atoms with Gasteiger partial charge in [-0.15, -0.1) is 0 Å². The Kier molecular flexibility index (Phi) is 5.95. The van der Waals surface area contributed by atoms with Crippen LogP contribution in [0.1, 0.15) is 16.7 Å². The standard InChI is InChI=1S/C31H23BrO/c32-26-20-21-29(28-19-11-10-18-27(28)23-12-4-1-5-13-23)30(22-26)31(33,24-14-6-2-7-15-24)25-16-8-3-9-17-25/h1-22,33H. The van der Waals surface area contributed by atoms with Gasteiger partial charge in [-0.05, 0) is 45.5 Å². The molecule has 0 aliphatic rings. The molecule has 0 saturated heterocycles. The second-order valence-corrected chi connectivity index (χ2v) is 8.96. The summed E-state index contributed by atoms with van der Waals surface area (Å²) in [5.41, 5.74) is 5.50. The van der Waals surface area contributed by atoms with Gasteiger partial charge >= 0.3 is 0 Å². The molecule has 0 aliphatic heterocycles. The zero-order valence-corrected chi connectivity index (χ0v) is 19.6. The topological polar surface area (TPSA) is 20.2 Å². The van der Waals surface area contributed by atoms with E-state index in [-0.39, 0.29) is 0 Å². The first kappa shape index (κ1) is 21.4. The van der Waals surface area contributed by atoms with Gasteiger partial charge < -0.3 is 5.11 Å². The summed E-state index contributed by atoms with van der Waals surface area (Å²) in [6.45, 7) is 0. The molecule has 0 aliphatic carbocycles. The van der Waals surface area contributed by atoms with Gasteiger partial charge in [-0.3, -0.25) is 0 Å². The maximum atomic E-state index is 12.5. The second kappa shape index (κ2) is 9.19. The van der Waals surface area contributed by atoms with E-state index < -0.39 is 5.60 Å². The smallest absolute Gasteiger partial charge is 0.141 e. The van der Waals surface area contributed by atoms with Crippen LogP contribution in [0, 0.1) is 0 Å². The minimum absolute atomic E-state index is 0.827. The number of rotatable bonds is 5. The molecule has 0 fully saturated rings. The molecule has 0 atom stereocenters. The van der Waals surface area contributed by atoms with Crippen LogP contribution in [0.4, 0.5) is 0 Å². The molecule has 0 saturated carbocycles. The molecule has 0 aromatic heterocycles. The van der Waals surface area contributed by atoms with E-state index >= 15 is 0 Å². The van der Waals surface area contributed by atoms with Gasteiger partial charge in [-0.25, -0.2) is 0 Å². The maximum Gasteiger partial charge on any atom is 0.141 e. The molecule has 160 valence electrons. The lowest BCUT2D eigenvalue weighted by Gasteiger charge is -2.32. The molecule has 0 unspecified atom stereocenters. The van der Waals surface area contributed by atoms with Crippen LogP contribution in [0.15, 0.2) is 138 Å². The highest BCUT2D eigenvalue weighted by Crippen LogP contribution is 2.44. The monoisotopic (exact) mass is 490 g/mol. The summed E-state index contributed by atoms with van der Waals surface area (Å²) in [4.78, 5) is 0. The number of hydrogen-bond donors (Lipinski definition) is 1. The van der Waals surface area contributed by atoms with Gasteiger partial charge in [0.2, 0.25) is 0 Å². The number of halogens is 1. The van der Waals surface area contributed by atoms with Crippen molar-refractivity contribution in [3.05, 3.63) is 155 Å². The van der Waals surface area contributed by atoms with Crippen molar-refractivity contribution in [2.24, 2.45) is 0 Å². The van der Waals surface area contributed by atoms with Gasteiger partial charge in [0.1, 0.15) is 5.60 Å². The summed E-state index contributed by atoms with van der Waals surface area (Å²) in [5, 5.41) is 12.5. The van der Waals surface area contributed by atoms with Gasteiger partial charge in [0.15, 0.2) is 0 Å². The molecule has 0 amide bonds. The van der Waals surface area contributed by atoms with Gasteiger partial charge in [-0.2, -0.15) is 0 Å². The van der Waals surface area contributed by atoms with E-state index in [2.05, 4.69) is 70.5 Å². The van der Waals surface area contributed by atoms with E-state index in [9.17, 15) is 5.11 Å². The Bertz CT molecular complexity index is 1320. The average Bonchev–Trinajstić information content (AvgIpc) is 2.90. The minimum atomic E-state index is -1.33. The second-order valence-electron chi connectivity index (χ2n) is 8.04. The van der Waals surface area contributed by atoms with Crippen LogP contribution in [-0.4, -0.2) is 5.11 Å². The SMILES string of the molecule is OC(c1ccccc1)(c1ccccc1)c1cc(Br)ccc1-c1ccccc1-c1ccccc1. The third-order valence-corrected chi connectivity index (χ3v) is 6.55. The molecule has 2 heteroatoms. The highest BCUT2D eigenvalue weighted by molar-refractivity contribution is 9.10. The van der Waals surface area contributed by atoms with Gasteiger partial charge in [0.05, 0.1) is 0 Å². The number of benzene rings is 5. The maximum absolute atomic E-state index is 12.5. The van der Waals surface area contributed by atoms with Crippen molar-refractivity contribution in [2.75, 3.05) is 0 Å². The summed E-state index contributed by atoms with van der Waals surface area (Å²) in [6, 6.07) is 44.7. The van der Waals surface area contributed by atoms with Crippen LogP contribution in [0.25, 0.3) is 22.3 Å². The van der Waals surface area contributed by atoms with E-state index in [0.29, 0.717) is 0 Å². The van der Waals surface area contributed by atoms with Gasteiger partial charge in [-0.1, -0.05) is 137 Å².